The van der Waals surface area contributed by atoms with Gasteiger partial charge in [0.15, 0.2) is 0 Å². The van der Waals surface area contributed by atoms with Gasteiger partial charge in [-0.25, -0.2) is 0 Å². The van der Waals surface area contributed by atoms with Crippen LogP contribution in [0.2, 0.25) is 0 Å². The third-order valence-corrected chi connectivity index (χ3v) is 4.35. The second kappa shape index (κ2) is 6.91. The third-order valence-electron chi connectivity index (χ3n) is 4.35. The Morgan fingerprint density at radius 1 is 1.39 bits per heavy atom. The molecular formula is C17H23N5O. The summed E-state index contributed by atoms with van der Waals surface area (Å²) in [4.78, 5) is 21.4. The second-order valence-corrected chi connectivity index (χ2v) is 5.90. The van der Waals surface area contributed by atoms with Gasteiger partial charge in [0.1, 0.15) is 0 Å². The van der Waals surface area contributed by atoms with Crippen LogP contribution < -0.4 is 4.90 Å². The lowest BCUT2D eigenvalue weighted by Crippen LogP contribution is -2.52. The molecule has 0 aromatic carbocycles. The number of aromatic nitrogens is 3. The maximum Gasteiger partial charge on any atom is 0.244 e. The topological polar surface area (TPSA) is 54.3 Å². The molecule has 0 unspecified atom stereocenters. The van der Waals surface area contributed by atoms with Gasteiger partial charge in [0, 0.05) is 32.5 Å². The van der Waals surface area contributed by atoms with Gasteiger partial charge in [-0.05, 0) is 31.5 Å². The summed E-state index contributed by atoms with van der Waals surface area (Å²) in [5, 5.41) is 4.18. The Labute approximate surface area is 136 Å². The summed E-state index contributed by atoms with van der Waals surface area (Å²) in [7, 11) is 1.87. The van der Waals surface area contributed by atoms with Crippen molar-refractivity contribution in [1.29, 1.82) is 0 Å². The Hall–Kier alpha value is -2.21. The van der Waals surface area contributed by atoms with Crippen molar-refractivity contribution in [2.75, 3.05) is 18.0 Å². The first kappa shape index (κ1) is 15.7. The molecule has 0 spiro atoms. The number of hydrogen-bond acceptors (Lipinski definition) is 4. The van der Waals surface area contributed by atoms with Crippen LogP contribution in [0.25, 0.3) is 0 Å². The van der Waals surface area contributed by atoms with Crippen LogP contribution in [0.1, 0.15) is 25.5 Å². The van der Waals surface area contributed by atoms with E-state index in [4.69, 9.17) is 0 Å². The Balaban J connectivity index is 1.76. The predicted octanol–water partition coefficient (Wildman–Crippen LogP) is 1.83. The quantitative estimate of drug-likeness (QED) is 0.845. The molecule has 0 saturated carbocycles. The molecule has 1 atom stereocenters. The zero-order chi connectivity index (χ0) is 16.2. The molecule has 2 aromatic heterocycles. The van der Waals surface area contributed by atoms with E-state index in [0.29, 0.717) is 6.54 Å². The first-order valence-corrected chi connectivity index (χ1v) is 8.13. The van der Waals surface area contributed by atoms with E-state index < -0.39 is 0 Å². The minimum absolute atomic E-state index is 0.0871. The van der Waals surface area contributed by atoms with Gasteiger partial charge >= 0.3 is 0 Å². The highest BCUT2D eigenvalue weighted by Crippen LogP contribution is 2.24. The van der Waals surface area contributed by atoms with Crippen molar-refractivity contribution in [1.82, 2.24) is 19.7 Å². The fourth-order valence-corrected chi connectivity index (χ4v) is 3.14. The number of aryl methyl sites for hydroxylation is 1. The van der Waals surface area contributed by atoms with E-state index in [1.807, 2.05) is 36.3 Å². The molecule has 3 heterocycles. The lowest BCUT2D eigenvalue weighted by Gasteiger charge is -2.37. The van der Waals surface area contributed by atoms with Crippen molar-refractivity contribution >= 4 is 11.6 Å². The maximum absolute atomic E-state index is 13.0. The molecule has 6 heteroatoms. The number of carbonyl (C=O) groups excluding carboxylic acids is 1. The monoisotopic (exact) mass is 313 g/mol. The van der Waals surface area contributed by atoms with Gasteiger partial charge in [-0.15, -0.1) is 0 Å². The van der Waals surface area contributed by atoms with Gasteiger partial charge in [-0.1, -0.05) is 13.0 Å². The average molecular weight is 313 g/mol. The lowest BCUT2D eigenvalue weighted by molar-refractivity contribution is -0.125. The fourth-order valence-electron chi connectivity index (χ4n) is 3.14. The smallest absolute Gasteiger partial charge is 0.244 e. The molecular weight excluding hydrogens is 290 g/mol. The second-order valence-electron chi connectivity index (χ2n) is 5.90. The van der Waals surface area contributed by atoms with Crippen LogP contribution in [0.3, 0.4) is 0 Å². The number of anilines is 1. The average Bonchev–Trinajstić information content (AvgIpc) is 3.00. The molecule has 1 aliphatic heterocycles. The van der Waals surface area contributed by atoms with E-state index in [2.05, 4.69) is 21.9 Å². The summed E-state index contributed by atoms with van der Waals surface area (Å²) in [6.07, 6.45) is 7.36. The molecule has 1 saturated heterocycles. The SMILES string of the molecule is CCN(Cc1ccccn1)[C@H]1CCCN(c2cnn(C)c2)C1=O. The van der Waals surface area contributed by atoms with Gasteiger partial charge in [0.2, 0.25) is 5.91 Å². The van der Waals surface area contributed by atoms with E-state index in [0.717, 1.165) is 37.3 Å². The number of likely N-dealkylation sites (N-methyl/N-ethyl adjacent to an activating group) is 1. The molecule has 6 nitrogen and oxygen atoms in total. The minimum atomic E-state index is -0.0871. The molecule has 1 fully saturated rings. The standard InChI is InChI=1S/C17H23N5O/c1-3-21(12-14-7-4-5-9-18-14)16-8-6-10-22(17(16)23)15-11-19-20(2)13-15/h4-5,7,9,11,13,16H,3,6,8,10,12H2,1-2H3/t16-/m0/s1. The van der Waals surface area contributed by atoms with Crippen molar-refractivity contribution in [2.24, 2.45) is 7.05 Å². The number of amides is 1. The van der Waals surface area contributed by atoms with Crippen LogP contribution in [0.5, 0.6) is 0 Å². The molecule has 122 valence electrons. The first-order valence-electron chi connectivity index (χ1n) is 8.13. The molecule has 1 aliphatic rings. The molecule has 1 amide bonds. The normalized spacial score (nSPS) is 18.7. The molecule has 3 rings (SSSR count). The van der Waals surface area contributed by atoms with Crippen LogP contribution in [0, 0.1) is 0 Å². The Bertz CT molecular complexity index is 654. The summed E-state index contributed by atoms with van der Waals surface area (Å²) < 4.78 is 1.73. The Morgan fingerprint density at radius 2 is 2.26 bits per heavy atom. The van der Waals surface area contributed by atoms with Crippen LogP contribution in [-0.2, 0) is 18.4 Å². The molecule has 2 aromatic rings. The van der Waals surface area contributed by atoms with Crippen molar-refractivity contribution in [2.45, 2.75) is 32.4 Å². The van der Waals surface area contributed by atoms with E-state index in [1.54, 1.807) is 17.1 Å². The van der Waals surface area contributed by atoms with Crippen LogP contribution in [0.4, 0.5) is 5.69 Å². The highest BCUT2D eigenvalue weighted by molar-refractivity contribution is 5.97. The maximum atomic E-state index is 13.0. The van der Waals surface area contributed by atoms with Crippen molar-refractivity contribution in [3.05, 3.63) is 42.5 Å². The lowest BCUT2D eigenvalue weighted by atomic mass is 10.0. The van der Waals surface area contributed by atoms with Crippen molar-refractivity contribution in [3.63, 3.8) is 0 Å². The van der Waals surface area contributed by atoms with E-state index in [9.17, 15) is 4.79 Å². The summed E-state index contributed by atoms with van der Waals surface area (Å²) in [6, 6.07) is 5.82. The molecule has 0 radical (unpaired) electrons. The first-order chi connectivity index (χ1) is 11.2. The highest BCUT2D eigenvalue weighted by Gasteiger charge is 2.33. The third kappa shape index (κ3) is 3.42. The van der Waals surface area contributed by atoms with Gasteiger partial charge in [0.25, 0.3) is 0 Å². The zero-order valence-electron chi connectivity index (χ0n) is 13.7. The molecule has 23 heavy (non-hydrogen) atoms. The van der Waals surface area contributed by atoms with E-state index in [-0.39, 0.29) is 11.9 Å². The molecule has 0 aliphatic carbocycles. The van der Waals surface area contributed by atoms with Crippen molar-refractivity contribution < 1.29 is 4.79 Å². The highest BCUT2D eigenvalue weighted by atomic mass is 16.2. The van der Waals surface area contributed by atoms with Gasteiger partial charge in [0.05, 0.1) is 23.6 Å². The van der Waals surface area contributed by atoms with Gasteiger partial charge < -0.3 is 4.90 Å². The van der Waals surface area contributed by atoms with Crippen LogP contribution >= 0.6 is 0 Å². The molecule has 0 bridgehead atoms. The van der Waals surface area contributed by atoms with E-state index in [1.165, 1.54) is 0 Å². The number of carbonyl (C=O) groups is 1. The minimum Gasteiger partial charge on any atom is -0.308 e. The van der Waals surface area contributed by atoms with Gasteiger partial charge in [-0.3, -0.25) is 19.4 Å². The number of rotatable bonds is 5. The summed E-state index contributed by atoms with van der Waals surface area (Å²) >= 11 is 0. The summed E-state index contributed by atoms with van der Waals surface area (Å²) in [6.45, 7) is 4.39. The van der Waals surface area contributed by atoms with Gasteiger partial charge in [-0.2, -0.15) is 5.10 Å². The number of hydrogen-bond donors (Lipinski definition) is 0. The van der Waals surface area contributed by atoms with Crippen molar-refractivity contribution in [3.8, 4) is 0 Å². The summed E-state index contributed by atoms with van der Waals surface area (Å²) in [5.74, 6) is 0.169. The Morgan fingerprint density at radius 3 is 2.91 bits per heavy atom. The predicted molar refractivity (Wildman–Crippen MR) is 88.9 cm³/mol. The number of nitrogens with zero attached hydrogens (tertiary/aromatic N) is 5. The number of pyridine rings is 1. The van der Waals surface area contributed by atoms with Crippen LogP contribution in [-0.4, -0.2) is 44.7 Å². The Kier molecular flexibility index (Phi) is 4.71. The van der Waals surface area contributed by atoms with E-state index >= 15 is 0 Å². The van der Waals surface area contributed by atoms with Crippen LogP contribution in [0.15, 0.2) is 36.8 Å². The fraction of sp³-hybridized carbons (Fsp3) is 0.471. The zero-order valence-corrected chi connectivity index (χ0v) is 13.7. The number of piperidine rings is 1. The largest absolute Gasteiger partial charge is 0.308 e. The summed E-state index contributed by atoms with van der Waals surface area (Å²) in [5.41, 5.74) is 1.89. The molecule has 0 N–H and O–H groups in total.